The average Bonchev–Trinajstić information content (AvgIpc) is 3.51. The Morgan fingerprint density at radius 1 is 1.06 bits per heavy atom. The van der Waals surface area contributed by atoms with Crippen molar-refractivity contribution in [1.82, 2.24) is 20.4 Å². The molecule has 170 valence electrons. The van der Waals surface area contributed by atoms with Crippen molar-refractivity contribution in [2.24, 2.45) is 5.92 Å². The van der Waals surface area contributed by atoms with Crippen LogP contribution in [0.2, 0.25) is 0 Å². The van der Waals surface area contributed by atoms with Gasteiger partial charge in [0.15, 0.2) is 0 Å². The van der Waals surface area contributed by atoms with E-state index in [1.165, 1.54) is 0 Å². The molecule has 1 unspecified atom stereocenters. The van der Waals surface area contributed by atoms with Gasteiger partial charge in [0.1, 0.15) is 0 Å². The predicted octanol–water partition coefficient (Wildman–Crippen LogP) is 2.33. The minimum atomic E-state index is -0.388. The topological polar surface area (TPSA) is 114 Å². The maximum absolute atomic E-state index is 12.8. The Labute approximate surface area is 190 Å². The Morgan fingerprint density at radius 2 is 1.81 bits per heavy atom. The maximum Gasteiger partial charge on any atom is 0.286 e. The number of rotatable bonds is 7. The fourth-order valence-corrected chi connectivity index (χ4v) is 4.66. The number of piperidine rings is 1. The van der Waals surface area contributed by atoms with Crippen molar-refractivity contribution in [3.63, 3.8) is 0 Å². The molecular weight excluding hydrogens is 430 g/mol. The van der Waals surface area contributed by atoms with Crippen LogP contribution in [0.1, 0.15) is 51.7 Å². The van der Waals surface area contributed by atoms with E-state index in [0.717, 1.165) is 43.6 Å². The molecule has 32 heavy (non-hydrogen) atoms. The first kappa shape index (κ1) is 22.3. The lowest BCUT2D eigenvalue weighted by atomic mass is 9.93. The standard InChI is InChI=1S/C22H27N5O4S/c28-18(23-14-17-7-4-12-31-17)13-15-8-10-27(11-9-15)22(30)21-26-25-20(32-21)19(29)24-16-5-2-1-3-6-16/h1-3,5-6,15,17H,4,7-14H2,(H,23,28)(H,24,29). The number of benzene rings is 1. The Balaban J connectivity index is 1.22. The second kappa shape index (κ2) is 10.6. The monoisotopic (exact) mass is 457 g/mol. The zero-order chi connectivity index (χ0) is 22.3. The number of nitrogens with one attached hydrogen (secondary N) is 2. The summed E-state index contributed by atoms with van der Waals surface area (Å²) < 4.78 is 5.53. The number of aromatic nitrogens is 2. The van der Waals surface area contributed by atoms with Gasteiger partial charge in [-0.05, 0) is 43.7 Å². The third-order valence-electron chi connectivity index (χ3n) is 5.76. The van der Waals surface area contributed by atoms with Gasteiger partial charge in [0.25, 0.3) is 11.8 Å². The normalized spacial score (nSPS) is 19.0. The molecule has 0 saturated carbocycles. The van der Waals surface area contributed by atoms with Crippen LogP contribution < -0.4 is 10.6 Å². The number of carbonyl (C=O) groups is 3. The first-order valence-corrected chi connectivity index (χ1v) is 11.8. The van der Waals surface area contributed by atoms with Gasteiger partial charge in [0.05, 0.1) is 6.10 Å². The van der Waals surface area contributed by atoms with Gasteiger partial charge in [-0.3, -0.25) is 14.4 Å². The summed E-state index contributed by atoms with van der Waals surface area (Å²) in [6.45, 7) is 2.48. The first-order chi connectivity index (χ1) is 15.6. The Bertz CT molecular complexity index is 937. The molecule has 1 aromatic heterocycles. The molecule has 10 heteroatoms. The predicted molar refractivity (Wildman–Crippen MR) is 120 cm³/mol. The molecule has 4 rings (SSSR count). The summed E-state index contributed by atoms with van der Waals surface area (Å²) in [4.78, 5) is 39.0. The van der Waals surface area contributed by atoms with Crippen LogP contribution in [0.4, 0.5) is 5.69 Å². The summed E-state index contributed by atoms with van der Waals surface area (Å²) in [5.41, 5.74) is 0.655. The van der Waals surface area contributed by atoms with Gasteiger partial charge in [-0.25, -0.2) is 0 Å². The summed E-state index contributed by atoms with van der Waals surface area (Å²) in [6, 6.07) is 9.05. The molecule has 0 radical (unpaired) electrons. The van der Waals surface area contributed by atoms with Gasteiger partial charge >= 0.3 is 0 Å². The number of amides is 3. The molecule has 9 nitrogen and oxygen atoms in total. The van der Waals surface area contributed by atoms with E-state index >= 15 is 0 Å². The van der Waals surface area contributed by atoms with Crippen molar-refractivity contribution < 1.29 is 19.1 Å². The van der Waals surface area contributed by atoms with Crippen molar-refractivity contribution in [3.8, 4) is 0 Å². The lowest BCUT2D eigenvalue weighted by molar-refractivity contribution is -0.122. The number of nitrogens with zero attached hydrogens (tertiary/aromatic N) is 3. The van der Waals surface area contributed by atoms with E-state index in [1.807, 2.05) is 18.2 Å². The lowest BCUT2D eigenvalue weighted by Crippen LogP contribution is -2.40. The highest BCUT2D eigenvalue weighted by molar-refractivity contribution is 7.15. The van der Waals surface area contributed by atoms with Crippen LogP contribution in [0.5, 0.6) is 0 Å². The minimum Gasteiger partial charge on any atom is -0.376 e. The smallest absolute Gasteiger partial charge is 0.286 e. The molecule has 1 aromatic carbocycles. The van der Waals surface area contributed by atoms with Gasteiger partial charge in [0.2, 0.25) is 15.9 Å². The van der Waals surface area contributed by atoms with Crippen molar-refractivity contribution >= 4 is 34.7 Å². The number of para-hydroxylation sites is 1. The second-order valence-corrected chi connectivity index (χ2v) is 9.09. The average molecular weight is 458 g/mol. The molecule has 2 N–H and O–H groups in total. The molecule has 2 aromatic rings. The Hall–Kier alpha value is -2.85. The highest BCUT2D eigenvalue weighted by atomic mass is 32.1. The van der Waals surface area contributed by atoms with Crippen LogP contribution in [0.15, 0.2) is 30.3 Å². The van der Waals surface area contributed by atoms with Crippen LogP contribution in [0.25, 0.3) is 0 Å². The largest absolute Gasteiger partial charge is 0.376 e. The van der Waals surface area contributed by atoms with Crippen LogP contribution in [0.3, 0.4) is 0 Å². The van der Waals surface area contributed by atoms with Crippen LogP contribution in [-0.4, -0.2) is 65.2 Å². The highest BCUT2D eigenvalue weighted by Crippen LogP contribution is 2.23. The zero-order valence-electron chi connectivity index (χ0n) is 17.8. The van der Waals surface area contributed by atoms with Gasteiger partial charge in [0, 0.05) is 38.3 Å². The Morgan fingerprint density at radius 3 is 2.53 bits per heavy atom. The van der Waals surface area contributed by atoms with Gasteiger partial charge in [-0.2, -0.15) is 0 Å². The number of anilines is 1. The highest BCUT2D eigenvalue weighted by Gasteiger charge is 2.28. The summed E-state index contributed by atoms with van der Waals surface area (Å²) in [5.74, 6) is -0.309. The fraction of sp³-hybridized carbons (Fsp3) is 0.500. The van der Waals surface area contributed by atoms with Crippen molar-refractivity contribution in [1.29, 1.82) is 0 Å². The molecule has 0 bridgehead atoms. The first-order valence-electron chi connectivity index (χ1n) is 11.0. The van der Waals surface area contributed by atoms with Crippen LogP contribution >= 0.6 is 11.3 Å². The lowest BCUT2D eigenvalue weighted by Gasteiger charge is -2.31. The summed E-state index contributed by atoms with van der Waals surface area (Å²) in [5, 5.41) is 13.9. The van der Waals surface area contributed by atoms with Crippen LogP contribution in [0, 0.1) is 5.92 Å². The second-order valence-electron chi connectivity index (χ2n) is 8.11. The summed E-state index contributed by atoms with van der Waals surface area (Å²) in [7, 11) is 0. The third kappa shape index (κ3) is 5.89. The number of carbonyl (C=O) groups excluding carboxylic acids is 3. The van der Waals surface area contributed by atoms with Gasteiger partial charge < -0.3 is 20.3 Å². The van der Waals surface area contributed by atoms with E-state index < -0.39 is 0 Å². The molecule has 2 aliphatic rings. The molecule has 2 saturated heterocycles. The number of hydrogen-bond donors (Lipinski definition) is 2. The van der Waals surface area contributed by atoms with Crippen LogP contribution in [-0.2, 0) is 9.53 Å². The minimum absolute atomic E-state index is 0.0449. The molecular formula is C22H27N5O4S. The van der Waals surface area contributed by atoms with E-state index in [9.17, 15) is 14.4 Å². The SMILES string of the molecule is O=C(CC1CCN(C(=O)c2nnc(C(=O)Nc3ccccc3)s2)CC1)NCC1CCCO1. The van der Waals surface area contributed by atoms with Gasteiger partial charge in [-0.15, -0.1) is 10.2 Å². The number of hydrogen-bond acceptors (Lipinski definition) is 7. The molecule has 1 atom stereocenters. The summed E-state index contributed by atoms with van der Waals surface area (Å²) >= 11 is 0.991. The number of likely N-dealkylation sites (tertiary alicyclic amines) is 1. The molecule has 2 aliphatic heterocycles. The van der Waals surface area contributed by atoms with Gasteiger partial charge in [-0.1, -0.05) is 29.5 Å². The Kier molecular flexibility index (Phi) is 7.43. The molecule has 0 aliphatic carbocycles. The van der Waals surface area contributed by atoms with E-state index in [0.29, 0.717) is 31.7 Å². The van der Waals surface area contributed by atoms with E-state index in [2.05, 4.69) is 20.8 Å². The molecule has 0 spiro atoms. The molecule has 3 heterocycles. The third-order valence-corrected chi connectivity index (χ3v) is 6.67. The maximum atomic E-state index is 12.8. The molecule has 2 fully saturated rings. The van der Waals surface area contributed by atoms with E-state index in [1.54, 1.807) is 17.0 Å². The fourth-order valence-electron chi connectivity index (χ4n) is 3.95. The van der Waals surface area contributed by atoms with Crippen molar-refractivity contribution in [3.05, 3.63) is 40.3 Å². The van der Waals surface area contributed by atoms with Crippen molar-refractivity contribution in [2.75, 3.05) is 31.6 Å². The van der Waals surface area contributed by atoms with E-state index in [-0.39, 0.29) is 39.8 Å². The number of ether oxygens (including phenoxy) is 1. The zero-order valence-corrected chi connectivity index (χ0v) is 18.6. The van der Waals surface area contributed by atoms with Crippen molar-refractivity contribution in [2.45, 2.75) is 38.2 Å². The van der Waals surface area contributed by atoms with E-state index in [4.69, 9.17) is 4.74 Å². The quantitative estimate of drug-likeness (QED) is 0.660. The molecule has 3 amide bonds. The summed E-state index contributed by atoms with van der Waals surface area (Å²) in [6.07, 6.45) is 4.20.